The Kier molecular flexibility index (Phi) is 5.66. The SMILES string of the molecule is Cc1cc(C)n(CC(O)CN(Cc2ccco2)Cc2cncc3c(Cl)[nH]nc23)n1. The van der Waals surface area contributed by atoms with E-state index in [0.29, 0.717) is 31.3 Å². The highest BCUT2D eigenvalue weighted by Gasteiger charge is 2.18. The molecular weight excluding hydrogens is 392 g/mol. The molecule has 4 heterocycles. The van der Waals surface area contributed by atoms with Gasteiger partial charge >= 0.3 is 0 Å². The van der Waals surface area contributed by atoms with Crippen LogP contribution in [0.25, 0.3) is 10.9 Å². The van der Waals surface area contributed by atoms with Crippen LogP contribution in [0.1, 0.15) is 22.7 Å². The van der Waals surface area contributed by atoms with Gasteiger partial charge in [0, 0.05) is 36.7 Å². The second-order valence-electron chi connectivity index (χ2n) is 7.24. The molecule has 0 aliphatic rings. The largest absolute Gasteiger partial charge is 0.468 e. The number of hydrogen-bond donors (Lipinski definition) is 2. The van der Waals surface area contributed by atoms with E-state index in [9.17, 15) is 5.11 Å². The maximum absolute atomic E-state index is 10.7. The smallest absolute Gasteiger partial charge is 0.133 e. The zero-order valence-electron chi connectivity index (χ0n) is 16.3. The predicted molar refractivity (Wildman–Crippen MR) is 109 cm³/mol. The molecule has 152 valence electrons. The van der Waals surface area contributed by atoms with Gasteiger partial charge < -0.3 is 9.52 Å². The Morgan fingerprint density at radius 3 is 2.90 bits per heavy atom. The Balaban J connectivity index is 1.53. The van der Waals surface area contributed by atoms with Gasteiger partial charge in [-0.2, -0.15) is 10.2 Å². The van der Waals surface area contributed by atoms with Crippen molar-refractivity contribution in [2.75, 3.05) is 6.54 Å². The average Bonchev–Trinajstić information content (AvgIpc) is 3.38. The number of fused-ring (bicyclic) bond motifs is 1. The van der Waals surface area contributed by atoms with Crippen LogP contribution in [0, 0.1) is 13.8 Å². The molecule has 4 rings (SSSR count). The number of hydrogen-bond acceptors (Lipinski definition) is 6. The van der Waals surface area contributed by atoms with Crippen molar-refractivity contribution in [3.05, 3.63) is 64.7 Å². The molecule has 0 spiro atoms. The van der Waals surface area contributed by atoms with Crippen LogP contribution in [0.5, 0.6) is 0 Å². The normalized spacial score (nSPS) is 12.9. The van der Waals surface area contributed by atoms with E-state index in [1.807, 2.05) is 36.7 Å². The minimum Gasteiger partial charge on any atom is -0.468 e. The molecule has 0 radical (unpaired) electrons. The van der Waals surface area contributed by atoms with Crippen LogP contribution in [0.2, 0.25) is 5.15 Å². The fourth-order valence-corrected chi connectivity index (χ4v) is 3.72. The van der Waals surface area contributed by atoms with Gasteiger partial charge in [-0.1, -0.05) is 11.6 Å². The fraction of sp³-hybridized carbons (Fsp3) is 0.350. The Morgan fingerprint density at radius 2 is 2.17 bits per heavy atom. The zero-order chi connectivity index (χ0) is 20.4. The van der Waals surface area contributed by atoms with E-state index >= 15 is 0 Å². The van der Waals surface area contributed by atoms with Gasteiger partial charge in [0.05, 0.1) is 36.5 Å². The molecule has 0 bridgehead atoms. The first-order valence-corrected chi connectivity index (χ1v) is 9.77. The molecule has 0 saturated heterocycles. The summed E-state index contributed by atoms with van der Waals surface area (Å²) in [4.78, 5) is 6.39. The van der Waals surface area contributed by atoms with Crippen molar-refractivity contribution in [2.45, 2.75) is 39.6 Å². The molecule has 0 aromatic carbocycles. The highest BCUT2D eigenvalue weighted by molar-refractivity contribution is 6.34. The number of aliphatic hydroxyl groups excluding tert-OH is 1. The van der Waals surface area contributed by atoms with Crippen LogP contribution < -0.4 is 0 Å². The molecule has 0 amide bonds. The van der Waals surface area contributed by atoms with Crippen LogP contribution in [0.3, 0.4) is 0 Å². The Bertz CT molecular complexity index is 1090. The number of nitrogens with zero attached hydrogens (tertiary/aromatic N) is 5. The van der Waals surface area contributed by atoms with Crippen molar-refractivity contribution in [1.29, 1.82) is 0 Å². The Hall–Kier alpha value is -2.68. The lowest BCUT2D eigenvalue weighted by atomic mass is 10.2. The van der Waals surface area contributed by atoms with Gasteiger partial charge in [0.15, 0.2) is 0 Å². The summed E-state index contributed by atoms with van der Waals surface area (Å²) in [6.07, 6.45) is 4.52. The number of aliphatic hydroxyl groups is 1. The van der Waals surface area contributed by atoms with Crippen LogP contribution in [-0.4, -0.2) is 47.6 Å². The molecule has 0 saturated carbocycles. The van der Waals surface area contributed by atoms with Gasteiger partial charge in [0.25, 0.3) is 0 Å². The lowest BCUT2D eigenvalue weighted by molar-refractivity contribution is 0.0840. The van der Waals surface area contributed by atoms with Gasteiger partial charge in [0.1, 0.15) is 16.4 Å². The Morgan fingerprint density at radius 1 is 1.31 bits per heavy atom. The first-order valence-electron chi connectivity index (χ1n) is 9.40. The summed E-state index contributed by atoms with van der Waals surface area (Å²) in [7, 11) is 0. The van der Waals surface area contributed by atoms with Crippen molar-refractivity contribution in [1.82, 2.24) is 29.9 Å². The standard InChI is InChI=1S/C20H23ClN6O2/c1-13-6-14(2)27(25-13)11-16(28)10-26(12-17-4-3-5-29-17)9-15-7-22-8-18-19(15)23-24-20(18)21/h3-8,16,28H,9-12H2,1-2H3,(H,23,24). The third kappa shape index (κ3) is 4.50. The molecule has 4 aromatic rings. The summed E-state index contributed by atoms with van der Waals surface area (Å²) < 4.78 is 7.35. The predicted octanol–water partition coefficient (Wildman–Crippen LogP) is 3.08. The second-order valence-corrected chi connectivity index (χ2v) is 7.62. The van der Waals surface area contributed by atoms with Crippen molar-refractivity contribution >= 4 is 22.5 Å². The third-order valence-electron chi connectivity index (χ3n) is 4.81. The number of furan rings is 1. The molecule has 0 aliphatic heterocycles. The maximum Gasteiger partial charge on any atom is 0.133 e. The molecule has 0 fully saturated rings. The minimum atomic E-state index is -0.599. The quantitative estimate of drug-likeness (QED) is 0.460. The molecule has 0 aliphatic carbocycles. The molecule has 2 N–H and O–H groups in total. The minimum absolute atomic E-state index is 0.422. The van der Waals surface area contributed by atoms with Crippen LogP contribution >= 0.6 is 11.6 Å². The molecule has 4 aromatic heterocycles. The lowest BCUT2D eigenvalue weighted by Gasteiger charge is -2.24. The van der Waals surface area contributed by atoms with Crippen molar-refractivity contribution in [2.24, 2.45) is 0 Å². The highest BCUT2D eigenvalue weighted by atomic mass is 35.5. The number of aromatic amines is 1. The van der Waals surface area contributed by atoms with Crippen LogP contribution in [0.4, 0.5) is 0 Å². The molecule has 8 nitrogen and oxygen atoms in total. The summed E-state index contributed by atoms with van der Waals surface area (Å²) in [5.41, 5.74) is 3.67. The number of halogens is 1. The highest BCUT2D eigenvalue weighted by Crippen LogP contribution is 2.23. The lowest BCUT2D eigenvalue weighted by Crippen LogP contribution is -2.34. The van der Waals surface area contributed by atoms with E-state index in [-0.39, 0.29) is 0 Å². The average molecular weight is 415 g/mol. The van der Waals surface area contributed by atoms with Crippen molar-refractivity contribution in [3.8, 4) is 0 Å². The zero-order valence-corrected chi connectivity index (χ0v) is 17.1. The molecular formula is C20H23ClN6O2. The van der Waals surface area contributed by atoms with Gasteiger partial charge in [-0.05, 0) is 32.0 Å². The van der Waals surface area contributed by atoms with E-state index in [4.69, 9.17) is 16.0 Å². The first-order chi connectivity index (χ1) is 14.0. The fourth-order valence-electron chi connectivity index (χ4n) is 3.53. The van der Waals surface area contributed by atoms with E-state index in [2.05, 4.69) is 25.2 Å². The number of H-pyrrole nitrogens is 1. The summed E-state index contributed by atoms with van der Waals surface area (Å²) in [6.45, 7) is 5.89. The number of aryl methyl sites for hydroxylation is 2. The first kappa shape index (κ1) is 19.6. The number of pyridine rings is 1. The number of rotatable bonds is 8. The van der Waals surface area contributed by atoms with Crippen LogP contribution in [-0.2, 0) is 19.6 Å². The summed E-state index contributed by atoms with van der Waals surface area (Å²) in [6, 6.07) is 5.78. The Labute approximate surface area is 173 Å². The van der Waals surface area contributed by atoms with Gasteiger partial charge in [0.2, 0.25) is 0 Å². The third-order valence-corrected chi connectivity index (χ3v) is 5.09. The molecule has 1 atom stereocenters. The summed E-state index contributed by atoms with van der Waals surface area (Å²) in [5.74, 6) is 0.823. The van der Waals surface area contributed by atoms with Crippen molar-refractivity contribution < 1.29 is 9.52 Å². The van der Waals surface area contributed by atoms with E-state index in [0.717, 1.165) is 33.6 Å². The van der Waals surface area contributed by atoms with Gasteiger partial charge in [-0.3, -0.25) is 19.7 Å². The second kappa shape index (κ2) is 8.36. The van der Waals surface area contributed by atoms with Gasteiger partial charge in [-0.15, -0.1) is 0 Å². The monoisotopic (exact) mass is 414 g/mol. The van der Waals surface area contributed by atoms with Crippen molar-refractivity contribution in [3.63, 3.8) is 0 Å². The van der Waals surface area contributed by atoms with E-state index < -0.39 is 6.10 Å². The number of aromatic nitrogens is 5. The summed E-state index contributed by atoms with van der Waals surface area (Å²) >= 11 is 6.15. The van der Waals surface area contributed by atoms with Gasteiger partial charge in [-0.25, -0.2) is 0 Å². The summed E-state index contributed by atoms with van der Waals surface area (Å²) in [5, 5.41) is 23.5. The molecule has 1 unspecified atom stereocenters. The number of nitrogens with one attached hydrogen (secondary N) is 1. The van der Waals surface area contributed by atoms with E-state index in [1.165, 1.54) is 0 Å². The topological polar surface area (TPSA) is 96.0 Å². The van der Waals surface area contributed by atoms with E-state index in [1.54, 1.807) is 18.7 Å². The van der Waals surface area contributed by atoms with Crippen LogP contribution in [0.15, 0.2) is 41.3 Å². The molecule has 29 heavy (non-hydrogen) atoms. The molecule has 9 heteroatoms. The maximum atomic E-state index is 10.7.